The number of primary amides is 1. The van der Waals surface area contributed by atoms with E-state index in [2.05, 4.69) is 163 Å². The average Bonchev–Trinajstić information content (AvgIpc) is 3.99. The van der Waals surface area contributed by atoms with Crippen LogP contribution in [-0.2, 0) is 23.9 Å². The molecule has 6 rings (SSSR count). The number of ether oxygens (including phenoxy) is 1. The Hall–Kier alpha value is -6.64. The molecule has 8 N–H and O–H groups in total. The number of nitrogens with zero attached hydrogens (tertiary/aromatic N) is 3. The Morgan fingerprint density at radius 3 is 2.02 bits per heavy atom. The number of H-pyrrole nitrogens is 1. The van der Waals surface area contributed by atoms with Crippen molar-refractivity contribution in [2.24, 2.45) is 34.2 Å². The van der Waals surface area contributed by atoms with Crippen molar-refractivity contribution >= 4 is 59.4 Å². The Morgan fingerprint density at radius 1 is 0.924 bits per heavy atom. The van der Waals surface area contributed by atoms with Crippen molar-refractivity contribution < 1.29 is 29.0 Å². The molecule has 358 valence electrons. The Balaban J connectivity index is 0.00000151. The van der Waals surface area contributed by atoms with Gasteiger partial charge in [0.1, 0.15) is 5.82 Å². The predicted octanol–water partition coefficient (Wildman–Crippen LogP) is 8.98. The monoisotopic (exact) mass is 907 g/mol. The summed E-state index contributed by atoms with van der Waals surface area (Å²) in [7, 11) is 4.75. The molecular formula is C52H74N8O6. The average molecular weight is 907 g/mol. The molecule has 0 bridgehead atoms. The number of nitrogens with two attached hydrogens (primary N) is 2. The molecular weight excluding hydrogens is 833 g/mol. The molecule has 4 aromatic carbocycles. The highest BCUT2D eigenvalue weighted by molar-refractivity contribution is 5.92. The number of imidazole rings is 1. The summed E-state index contributed by atoms with van der Waals surface area (Å²) in [5, 5.41) is 15.7. The van der Waals surface area contributed by atoms with E-state index in [1.54, 1.807) is 20.4 Å². The lowest BCUT2D eigenvalue weighted by Crippen LogP contribution is -2.31. The molecule has 1 saturated heterocycles. The lowest BCUT2D eigenvalue weighted by molar-refractivity contribution is -0.133. The molecule has 0 saturated carbocycles. The molecule has 1 aliphatic heterocycles. The first-order valence-corrected chi connectivity index (χ1v) is 22.2. The summed E-state index contributed by atoms with van der Waals surface area (Å²) in [5.41, 5.74) is 17.2. The van der Waals surface area contributed by atoms with Gasteiger partial charge in [0.05, 0.1) is 22.8 Å². The van der Waals surface area contributed by atoms with Crippen LogP contribution in [0.3, 0.4) is 0 Å². The molecule has 5 aromatic rings. The number of amides is 3. The SMILES string of the molecule is C=C.C=N/C=C(\NC[C@H](CCCNC=O)CC(C)C)c1ccc(-c2ccc3cc(-c4ccc5nc(C6CCCN6C(=O)CC(C)C)[nH]c5c4)ccc3c2)cc1.CN.COC.NC=O.O=CO. The number of carbonyl (C=O) groups excluding carboxylic acids is 3. The zero-order valence-corrected chi connectivity index (χ0v) is 40.1. The zero-order chi connectivity index (χ0) is 49.4. The molecule has 2 heterocycles. The molecule has 2 atom stereocenters. The van der Waals surface area contributed by atoms with E-state index in [-0.39, 0.29) is 24.8 Å². The quantitative estimate of drug-likeness (QED) is 0.0227. The van der Waals surface area contributed by atoms with Crippen LogP contribution in [0.1, 0.15) is 83.6 Å². The third kappa shape index (κ3) is 18.8. The molecule has 0 aliphatic carbocycles. The van der Waals surface area contributed by atoms with Gasteiger partial charge in [0.2, 0.25) is 18.7 Å². The number of methoxy groups -OCH3 is 1. The lowest BCUT2D eigenvalue weighted by atomic mass is 9.92. The fourth-order valence-corrected chi connectivity index (χ4v) is 7.72. The number of hydrogen-bond donors (Lipinski definition) is 6. The number of carboxylic acid groups (broad SMARTS) is 1. The number of carbonyl (C=O) groups is 4. The van der Waals surface area contributed by atoms with E-state index in [0.717, 1.165) is 102 Å². The van der Waals surface area contributed by atoms with Crippen molar-refractivity contribution in [2.75, 3.05) is 40.9 Å². The van der Waals surface area contributed by atoms with Crippen molar-refractivity contribution in [1.82, 2.24) is 25.5 Å². The number of rotatable bonds is 17. The van der Waals surface area contributed by atoms with Crippen molar-refractivity contribution in [3.05, 3.63) is 110 Å². The van der Waals surface area contributed by atoms with Gasteiger partial charge < -0.3 is 41.8 Å². The van der Waals surface area contributed by atoms with Gasteiger partial charge in [-0.25, -0.2) is 4.98 Å². The summed E-state index contributed by atoms with van der Waals surface area (Å²) < 4.78 is 4.25. The normalized spacial score (nSPS) is 13.2. The predicted molar refractivity (Wildman–Crippen MR) is 273 cm³/mol. The third-order valence-electron chi connectivity index (χ3n) is 10.3. The van der Waals surface area contributed by atoms with Crippen LogP contribution in [0.4, 0.5) is 0 Å². The molecule has 0 radical (unpaired) electrons. The van der Waals surface area contributed by atoms with E-state index in [1.807, 2.05) is 4.90 Å². The van der Waals surface area contributed by atoms with E-state index in [9.17, 15) is 9.59 Å². The smallest absolute Gasteiger partial charge is 0.290 e. The van der Waals surface area contributed by atoms with Crippen LogP contribution >= 0.6 is 0 Å². The lowest BCUT2D eigenvalue weighted by Gasteiger charge is -2.24. The molecule has 1 fully saturated rings. The van der Waals surface area contributed by atoms with E-state index >= 15 is 0 Å². The fourth-order valence-electron chi connectivity index (χ4n) is 7.72. The number of nitrogens with one attached hydrogen (secondary N) is 3. The highest BCUT2D eigenvalue weighted by Crippen LogP contribution is 2.34. The van der Waals surface area contributed by atoms with Gasteiger partial charge in [0.15, 0.2) is 0 Å². The Kier molecular flexibility index (Phi) is 28.6. The van der Waals surface area contributed by atoms with Crippen molar-refractivity contribution in [3.63, 3.8) is 0 Å². The number of aromatic nitrogens is 2. The molecule has 14 nitrogen and oxygen atoms in total. The molecule has 66 heavy (non-hydrogen) atoms. The topological polar surface area (TPSA) is 218 Å². The number of aromatic amines is 1. The summed E-state index contributed by atoms with van der Waals surface area (Å²) in [6.07, 6.45) is 8.47. The van der Waals surface area contributed by atoms with E-state index in [4.69, 9.17) is 19.7 Å². The summed E-state index contributed by atoms with van der Waals surface area (Å²) >= 11 is 0. The second kappa shape index (κ2) is 32.9. The Bertz CT molecular complexity index is 2210. The third-order valence-corrected chi connectivity index (χ3v) is 10.3. The highest BCUT2D eigenvalue weighted by Gasteiger charge is 2.32. The maximum Gasteiger partial charge on any atom is 0.290 e. The number of fused-ring (bicyclic) bond motifs is 2. The first kappa shape index (κ1) is 57.4. The van der Waals surface area contributed by atoms with Crippen LogP contribution in [0, 0.1) is 17.8 Å². The van der Waals surface area contributed by atoms with Gasteiger partial charge in [-0.3, -0.25) is 24.2 Å². The fraction of sp³-hybridized carbons (Fsp3) is 0.385. The van der Waals surface area contributed by atoms with Gasteiger partial charge in [-0.05, 0) is 126 Å². The second-order valence-corrected chi connectivity index (χ2v) is 16.0. The number of likely N-dealkylation sites (tertiary alicyclic amines) is 1. The van der Waals surface area contributed by atoms with Crippen LogP contribution in [0.5, 0.6) is 0 Å². The largest absolute Gasteiger partial charge is 0.483 e. The maximum absolute atomic E-state index is 12.9. The van der Waals surface area contributed by atoms with Gasteiger partial charge in [0.25, 0.3) is 6.47 Å². The molecule has 0 spiro atoms. The summed E-state index contributed by atoms with van der Waals surface area (Å²) in [6, 6.07) is 28.3. The summed E-state index contributed by atoms with van der Waals surface area (Å²) in [5.74, 6) is 2.55. The highest BCUT2D eigenvalue weighted by atomic mass is 16.4. The molecule has 3 amide bonds. The minimum atomic E-state index is -0.250. The van der Waals surface area contributed by atoms with Crippen molar-refractivity contribution in [2.45, 2.75) is 72.3 Å². The first-order chi connectivity index (χ1) is 32.0. The number of hydrogen-bond acceptors (Lipinski definition) is 9. The molecule has 1 aromatic heterocycles. The van der Waals surface area contributed by atoms with Gasteiger partial charge in [-0.15, -0.1) is 13.2 Å². The zero-order valence-electron chi connectivity index (χ0n) is 40.1. The van der Waals surface area contributed by atoms with Crippen molar-refractivity contribution in [3.8, 4) is 22.3 Å². The van der Waals surface area contributed by atoms with Gasteiger partial charge in [0, 0.05) is 46.5 Å². The van der Waals surface area contributed by atoms with Crippen LogP contribution in [0.25, 0.3) is 49.8 Å². The number of aliphatic imine (C=N–C) groups is 1. The summed E-state index contributed by atoms with van der Waals surface area (Å²) in [6.45, 7) is 20.5. The maximum atomic E-state index is 12.9. The van der Waals surface area contributed by atoms with E-state index < -0.39 is 0 Å². The van der Waals surface area contributed by atoms with Crippen molar-refractivity contribution in [1.29, 1.82) is 0 Å². The minimum Gasteiger partial charge on any atom is -0.483 e. The number of benzene rings is 4. The van der Waals surface area contributed by atoms with E-state index in [0.29, 0.717) is 30.7 Å². The van der Waals surface area contributed by atoms with E-state index in [1.165, 1.54) is 17.8 Å². The van der Waals surface area contributed by atoms with Crippen LogP contribution in [-0.4, -0.2) is 92.8 Å². The standard InChI is InChI=1S/C45H54N6O2.C2H6O.C2H4.CH3NO.CH5N.CH2O2/c1-30(2)22-32(8-6-20-47-29-52)27-48-42(28-46-5)34-12-10-33(11-13-34)35-14-15-37-25-38(17-16-36(37)24-35)39-18-19-40-41(26-39)50-45(49-40)43-9-7-21-51(43)44(53)23-31(3)4;1-3-2;1-2;2-1-3;1-2;2-1-3/h10-19,24-26,28-32,43,48H,5-9,20-23,27H2,1-4H3,(H,47,52)(H,49,50);1-2H3;1-2H2;1H,(H2,2,3);2H2,1H3;1H,(H,2,3)/b42-28-;;;;;/t32-,43?;;;;;/m1...../s1. The van der Waals surface area contributed by atoms with Crippen LogP contribution in [0.15, 0.2) is 103 Å². The van der Waals surface area contributed by atoms with Gasteiger partial charge in [-0.2, -0.15) is 0 Å². The first-order valence-electron chi connectivity index (χ1n) is 22.2. The second-order valence-electron chi connectivity index (χ2n) is 16.0. The molecule has 14 heteroatoms. The Labute approximate surface area is 392 Å². The Morgan fingerprint density at radius 2 is 1.47 bits per heavy atom. The van der Waals surface area contributed by atoms with Gasteiger partial charge >= 0.3 is 0 Å². The van der Waals surface area contributed by atoms with Crippen LogP contribution < -0.4 is 22.1 Å². The van der Waals surface area contributed by atoms with Gasteiger partial charge in [-0.1, -0.05) is 82.3 Å². The molecule has 1 aliphatic rings. The summed E-state index contributed by atoms with van der Waals surface area (Å²) in [4.78, 5) is 55.1. The van der Waals surface area contributed by atoms with Crippen LogP contribution in [0.2, 0.25) is 0 Å². The minimum absolute atomic E-state index is 0.0176. The molecule has 1 unspecified atom stereocenters.